The number of nitrogens with two attached hydrogens (primary N) is 1. The standard InChI is InChI=1S/C10H9F3N4O/c11-10(12,13)6-1-2-8-7(5-6)9(18)17(4-3-14)16-15-8/h1-2,5H,3-4,14H2. The van der Waals surface area contributed by atoms with Gasteiger partial charge >= 0.3 is 6.18 Å². The van der Waals surface area contributed by atoms with E-state index in [1.807, 2.05) is 0 Å². The summed E-state index contributed by atoms with van der Waals surface area (Å²) in [5, 5.41) is 7.14. The maximum atomic E-state index is 12.5. The topological polar surface area (TPSA) is 73.8 Å². The van der Waals surface area contributed by atoms with Gasteiger partial charge in [-0.15, -0.1) is 5.10 Å². The Bertz CT molecular complexity index is 635. The highest BCUT2D eigenvalue weighted by atomic mass is 19.4. The zero-order chi connectivity index (χ0) is 13.3. The minimum absolute atomic E-state index is 0.109. The molecule has 96 valence electrons. The molecule has 5 nitrogen and oxygen atoms in total. The van der Waals surface area contributed by atoms with Crippen LogP contribution in [-0.4, -0.2) is 21.5 Å². The Morgan fingerprint density at radius 1 is 1.33 bits per heavy atom. The van der Waals surface area contributed by atoms with Crippen molar-refractivity contribution in [2.45, 2.75) is 12.7 Å². The number of benzene rings is 1. The second-order valence-electron chi connectivity index (χ2n) is 3.64. The van der Waals surface area contributed by atoms with E-state index in [1.165, 1.54) is 0 Å². The van der Waals surface area contributed by atoms with Crippen LogP contribution in [-0.2, 0) is 12.7 Å². The van der Waals surface area contributed by atoms with Crippen molar-refractivity contribution in [3.8, 4) is 0 Å². The Morgan fingerprint density at radius 2 is 2.06 bits per heavy atom. The number of fused-ring (bicyclic) bond motifs is 1. The molecular formula is C10H9F3N4O. The minimum atomic E-state index is -4.50. The predicted molar refractivity (Wildman–Crippen MR) is 57.9 cm³/mol. The largest absolute Gasteiger partial charge is 0.416 e. The molecule has 0 atom stereocenters. The molecule has 2 rings (SSSR count). The second-order valence-corrected chi connectivity index (χ2v) is 3.64. The van der Waals surface area contributed by atoms with E-state index in [9.17, 15) is 18.0 Å². The molecule has 8 heteroatoms. The molecule has 2 N–H and O–H groups in total. The molecule has 1 aromatic carbocycles. The van der Waals surface area contributed by atoms with Crippen LogP contribution in [0.25, 0.3) is 10.9 Å². The molecule has 0 aliphatic carbocycles. The fraction of sp³-hybridized carbons (Fsp3) is 0.300. The third-order valence-corrected chi connectivity index (χ3v) is 2.39. The van der Waals surface area contributed by atoms with Crippen molar-refractivity contribution in [3.63, 3.8) is 0 Å². The summed E-state index contributed by atoms with van der Waals surface area (Å²) in [6.45, 7) is 0.261. The quantitative estimate of drug-likeness (QED) is 0.863. The molecule has 0 bridgehead atoms. The number of halogens is 3. The van der Waals surface area contributed by atoms with Gasteiger partial charge in [-0.05, 0) is 18.2 Å². The molecule has 18 heavy (non-hydrogen) atoms. The van der Waals surface area contributed by atoms with E-state index in [0.29, 0.717) is 0 Å². The number of hydrogen-bond donors (Lipinski definition) is 1. The van der Waals surface area contributed by atoms with Gasteiger partial charge in [0.15, 0.2) is 0 Å². The lowest BCUT2D eigenvalue weighted by Crippen LogP contribution is -2.27. The van der Waals surface area contributed by atoms with Crippen molar-refractivity contribution in [1.29, 1.82) is 0 Å². The first kappa shape index (κ1) is 12.5. The highest BCUT2D eigenvalue weighted by molar-refractivity contribution is 5.77. The summed E-state index contributed by atoms with van der Waals surface area (Å²) in [6, 6.07) is 2.77. The van der Waals surface area contributed by atoms with Crippen molar-refractivity contribution in [2.24, 2.45) is 5.73 Å². The summed E-state index contributed by atoms with van der Waals surface area (Å²) in [4.78, 5) is 11.8. The highest BCUT2D eigenvalue weighted by Gasteiger charge is 2.30. The van der Waals surface area contributed by atoms with Gasteiger partial charge in [0, 0.05) is 6.54 Å². The van der Waals surface area contributed by atoms with Crippen LogP contribution in [0.3, 0.4) is 0 Å². The molecular weight excluding hydrogens is 249 g/mol. The van der Waals surface area contributed by atoms with Gasteiger partial charge in [0.2, 0.25) is 0 Å². The second kappa shape index (κ2) is 4.37. The third kappa shape index (κ3) is 2.19. The monoisotopic (exact) mass is 258 g/mol. The van der Waals surface area contributed by atoms with Crippen molar-refractivity contribution in [2.75, 3.05) is 6.54 Å². The van der Waals surface area contributed by atoms with E-state index in [4.69, 9.17) is 5.73 Å². The van der Waals surface area contributed by atoms with Crippen LogP contribution in [0.4, 0.5) is 13.2 Å². The first-order valence-electron chi connectivity index (χ1n) is 5.08. The van der Waals surface area contributed by atoms with E-state index in [-0.39, 0.29) is 24.0 Å². The molecule has 0 saturated heterocycles. The van der Waals surface area contributed by atoms with E-state index < -0.39 is 17.3 Å². The van der Waals surface area contributed by atoms with Gasteiger partial charge in [-0.1, -0.05) is 5.21 Å². The fourth-order valence-electron chi connectivity index (χ4n) is 1.52. The molecule has 2 aromatic rings. The Labute approximate surface area is 99.0 Å². The number of rotatable bonds is 2. The third-order valence-electron chi connectivity index (χ3n) is 2.39. The Hall–Kier alpha value is -1.96. The van der Waals surface area contributed by atoms with E-state index in [1.54, 1.807) is 0 Å². The molecule has 0 unspecified atom stereocenters. The maximum absolute atomic E-state index is 12.5. The van der Waals surface area contributed by atoms with Gasteiger partial charge in [-0.25, -0.2) is 4.68 Å². The molecule has 0 aliphatic heterocycles. The summed E-state index contributed by atoms with van der Waals surface area (Å²) in [7, 11) is 0. The fourth-order valence-corrected chi connectivity index (χ4v) is 1.52. The van der Waals surface area contributed by atoms with Crippen molar-refractivity contribution >= 4 is 10.9 Å². The van der Waals surface area contributed by atoms with Crippen LogP contribution in [0.15, 0.2) is 23.0 Å². The molecule has 0 fully saturated rings. The summed E-state index contributed by atoms with van der Waals surface area (Å²) < 4.78 is 38.5. The summed E-state index contributed by atoms with van der Waals surface area (Å²) in [6.07, 6.45) is -4.50. The van der Waals surface area contributed by atoms with Gasteiger partial charge in [0.1, 0.15) is 5.52 Å². The van der Waals surface area contributed by atoms with Gasteiger partial charge in [-0.3, -0.25) is 4.79 Å². The number of nitrogens with zero attached hydrogens (tertiary/aromatic N) is 3. The smallest absolute Gasteiger partial charge is 0.329 e. The predicted octanol–water partition coefficient (Wildman–Crippen LogP) is 0.769. The molecule has 1 aromatic heterocycles. The number of hydrogen-bond acceptors (Lipinski definition) is 4. The van der Waals surface area contributed by atoms with E-state index in [2.05, 4.69) is 10.3 Å². The average molecular weight is 258 g/mol. The molecule has 0 radical (unpaired) electrons. The Kier molecular flexibility index (Phi) is 3.04. The zero-order valence-corrected chi connectivity index (χ0v) is 9.11. The summed E-state index contributed by atoms with van der Waals surface area (Å²) >= 11 is 0. The lowest BCUT2D eigenvalue weighted by molar-refractivity contribution is -0.137. The lowest BCUT2D eigenvalue weighted by Gasteiger charge is -2.07. The van der Waals surface area contributed by atoms with Crippen molar-refractivity contribution in [1.82, 2.24) is 15.0 Å². The number of alkyl halides is 3. The molecule has 0 amide bonds. The Balaban J connectivity index is 2.67. The maximum Gasteiger partial charge on any atom is 0.416 e. The highest BCUT2D eigenvalue weighted by Crippen LogP contribution is 2.30. The zero-order valence-electron chi connectivity index (χ0n) is 9.11. The van der Waals surface area contributed by atoms with Gasteiger partial charge < -0.3 is 5.73 Å². The van der Waals surface area contributed by atoms with E-state index >= 15 is 0 Å². The Morgan fingerprint density at radius 3 is 2.67 bits per heavy atom. The van der Waals surface area contributed by atoms with Crippen LogP contribution < -0.4 is 11.3 Å². The average Bonchev–Trinajstić information content (AvgIpc) is 2.31. The van der Waals surface area contributed by atoms with Gasteiger partial charge in [0.05, 0.1) is 17.5 Å². The summed E-state index contributed by atoms with van der Waals surface area (Å²) in [5.74, 6) is 0. The molecule has 1 heterocycles. The molecule has 0 spiro atoms. The van der Waals surface area contributed by atoms with Crippen LogP contribution >= 0.6 is 0 Å². The summed E-state index contributed by atoms with van der Waals surface area (Å²) in [5.41, 5.74) is 3.87. The van der Waals surface area contributed by atoms with Crippen molar-refractivity contribution in [3.05, 3.63) is 34.1 Å². The van der Waals surface area contributed by atoms with Gasteiger partial charge in [-0.2, -0.15) is 13.2 Å². The van der Waals surface area contributed by atoms with Gasteiger partial charge in [0.25, 0.3) is 5.56 Å². The van der Waals surface area contributed by atoms with Crippen molar-refractivity contribution < 1.29 is 13.2 Å². The van der Waals surface area contributed by atoms with Crippen LogP contribution in [0.2, 0.25) is 0 Å². The molecule has 0 saturated carbocycles. The normalized spacial score (nSPS) is 12.0. The minimum Gasteiger partial charge on any atom is -0.329 e. The van der Waals surface area contributed by atoms with Crippen LogP contribution in [0.5, 0.6) is 0 Å². The van der Waals surface area contributed by atoms with E-state index in [0.717, 1.165) is 22.9 Å². The lowest BCUT2D eigenvalue weighted by atomic mass is 10.1. The van der Waals surface area contributed by atoms with Crippen LogP contribution in [0, 0.1) is 0 Å². The molecule has 0 aliphatic rings. The van der Waals surface area contributed by atoms with Crippen LogP contribution in [0.1, 0.15) is 5.56 Å². The number of aromatic nitrogens is 3. The SMILES string of the molecule is NCCn1nnc2ccc(C(F)(F)F)cc2c1=O. The first-order chi connectivity index (χ1) is 8.43. The first-order valence-corrected chi connectivity index (χ1v) is 5.08.